The van der Waals surface area contributed by atoms with E-state index in [-0.39, 0.29) is 24.7 Å². The molecule has 0 aliphatic rings. The highest BCUT2D eigenvalue weighted by Crippen LogP contribution is 2.20. The number of aliphatic hydroxyl groups excluding tert-OH is 1. The van der Waals surface area contributed by atoms with E-state index in [0.29, 0.717) is 6.42 Å². The summed E-state index contributed by atoms with van der Waals surface area (Å²) >= 11 is 0. The second kappa shape index (κ2) is 7.83. The van der Waals surface area contributed by atoms with Crippen molar-refractivity contribution in [3.8, 4) is 0 Å². The van der Waals surface area contributed by atoms with Crippen LogP contribution in [0, 0.1) is 13.8 Å². The van der Waals surface area contributed by atoms with E-state index < -0.39 is 0 Å². The van der Waals surface area contributed by atoms with Crippen LogP contribution in [0.15, 0.2) is 40.8 Å². The lowest BCUT2D eigenvalue weighted by Crippen LogP contribution is -2.45. The van der Waals surface area contributed by atoms with Gasteiger partial charge in [0.25, 0.3) is 0 Å². The van der Waals surface area contributed by atoms with Gasteiger partial charge in [0.2, 0.25) is 0 Å². The van der Waals surface area contributed by atoms with Gasteiger partial charge in [0.05, 0.1) is 18.7 Å². The number of furan rings is 1. The quantitative estimate of drug-likeness (QED) is 0.767. The Hall–Kier alpha value is -2.27. The molecule has 124 valence electrons. The van der Waals surface area contributed by atoms with Crippen molar-refractivity contribution in [1.29, 1.82) is 0 Å². The van der Waals surface area contributed by atoms with Crippen LogP contribution >= 0.6 is 0 Å². The molecule has 2 amide bonds. The van der Waals surface area contributed by atoms with E-state index in [4.69, 9.17) is 4.42 Å². The first-order valence-corrected chi connectivity index (χ1v) is 7.78. The van der Waals surface area contributed by atoms with Gasteiger partial charge in [-0.05, 0) is 38.8 Å². The molecule has 2 unspecified atom stereocenters. The molecule has 0 saturated carbocycles. The molecule has 2 rings (SSSR count). The lowest BCUT2D eigenvalue weighted by Gasteiger charge is -2.19. The van der Waals surface area contributed by atoms with E-state index >= 15 is 0 Å². The summed E-state index contributed by atoms with van der Waals surface area (Å²) in [4.78, 5) is 12.1. The van der Waals surface area contributed by atoms with Gasteiger partial charge in [0.1, 0.15) is 11.5 Å². The van der Waals surface area contributed by atoms with Crippen molar-refractivity contribution in [2.24, 2.45) is 0 Å². The maximum Gasteiger partial charge on any atom is 0.315 e. The van der Waals surface area contributed by atoms with Crippen molar-refractivity contribution in [1.82, 2.24) is 10.6 Å². The van der Waals surface area contributed by atoms with E-state index in [1.807, 2.05) is 57.2 Å². The highest BCUT2D eigenvalue weighted by molar-refractivity contribution is 5.74. The summed E-state index contributed by atoms with van der Waals surface area (Å²) in [5.74, 6) is 1.63. The number of aliphatic hydroxyl groups is 1. The van der Waals surface area contributed by atoms with Crippen LogP contribution in [0.5, 0.6) is 0 Å². The summed E-state index contributed by atoms with van der Waals surface area (Å²) < 4.78 is 5.49. The number of hydrogen-bond acceptors (Lipinski definition) is 3. The molecular formula is C18H24N2O3. The van der Waals surface area contributed by atoms with Gasteiger partial charge in [-0.3, -0.25) is 0 Å². The van der Waals surface area contributed by atoms with Crippen LogP contribution in [-0.4, -0.2) is 23.8 Å². The van der Waals surface area contributed by atoms with Crippen LogP contribution < -0.4 is 10.6 Å². The number of hydrogen-bond donors (Lipinski definition) is 3. The van der Waals surface area contributed by atoms with Gasteiger partial charge in [-0.1, -0.05) is 30.3 Å². The summed E-state index contributed by atoms with van der Waals surface area (Å²) in [7, 11) is 0. The Bertz CT molecular complexity index is 637. The summed E-state index contributed by atoms with van der Waals surface area (Å²) in [5.41, 5.74) is 2.03. The Labute approximate surface area is 136 Å². The van der Waals surface area contributed by atoms with Crippen LogP contribution in [0.4, 0.5) is 4.79 Å². The third-order valence-corrected chi connectivity index (χ3v) is 3.77. The average Bonchev–Trinajstić information content (AvgIpc) is 2.86. The lowest BCUT2D eigenvalue weighted by atomic mass is 10.1. The highest BCUT2D eigenvalue weighted by atomic mass is 16.3. The predicted molar refractivity (Wildman–Crippen MR) is 89.3 cm³/mol. The van der Waals surface area contributed by atoms with Gasteiger partial charge in [0.15, 0.2) is 0 Å². The first-order chi connectivity index (χ1) is 11.0. The molecule has 5 nitrogen and oxygen atoms in total. The normalized spacial score (nSPS) is 13.4. The average molecular weight is 316 g/mol. The Morgan fingerprint density at radius 1 is 1.22 bits per heavy atom. The zero-order valence-corrected chi connectivity index (χ0v) is 13.8. The number of aryl methyl sites for hydroxylation is 2. The summed E-state index contributed by atoms with van der Waals surface area (Å²) in [6.45, 7) is 5.55. The molecule has 2 aromatic rings. The number of carbonyl (C=O) groups excluding carboxylic acids is 1. The monoisotopic (exact) mass is 316 g/mol. The smallest absolute Gasteiger partial charge is 0.315 e. The molecule has 1 aromatic heterocycles. The van der Waals surface area contributed by atoms with E-state index in [9.17, 15) is 9.90 Å². The fraction of sp³-hybridized carbons (Fsp3) is 0.389. The molecule has 0 bridgehead atoms. The Balaban J connectivity index is 1.91. The maximum atomic E-state index is 12.1. The van der Waals surface area contributed by atoms with Crippen LogP contribution in [0.25, 0.3) is 0 Å². The van der Waals surface area contributed by atoms with Crippen molar-refractivity contribution >= 4 is 6.03 Å². The third kappa shape index (κ3) is 4.86. The number of amides is 2. The molecule has 1 heterocycles. The standard InChI is InChI=1S/C18H24N2O3/c1-12-9-17(14(3)23-12)13(2)19-18(22)20-16(11-21)10-15-7-5-4-6-8-15/h4-9,13,16,21H,10-11H2,1-3H3,(H2,19,20,22). The van der Waals surface area contributed by atoms with Gasteiger partial charge in [-0.15, -0.1) is 0 Å². The Morgan fingerprint density at radius 2 is 1.91 bits per heavy atom. The van der Waals surface area contributed by atoms with Crippen LogP contribution in [0.2, 0.25) is 0 Å². The molecule has 1 aromatic carbocycles. The number of nitrogens with one attached hydrogen (secondary N) is 2. The van der Waals surface area contributed by atoms with Crippen LogP contribution in [0.3, 0.4) is 0 Å². The number of rotatable bonds is 6. The van der Waals surface area contributed by atoms with Gasteiger partial charge in [-0.25, -0.2) is 4.79 Å². The zero-order valence-electron chi connectivity index (χ0n) is 13.8. The maximum absolute atomic E-state index is 12.1. The molecule has 0 aliphatic heterocycles. The molecular weight excluding hydrogens is 292 g/mol. The first-order valence-electron chi connectivity index (χ1n) is 7.78. The number of urea groups is 1. The fourth-order valence-electron chi connectivity index (χ4n) is 2.64. The minimum absolute atomic E-state index is 0.111. The molecule has 0 radical (unpaired) electrons. The Morgan fingerprint density at radius 3 is 2.48 bits per heavy atom. The Kier molecular flexibility index (Phi) is 5.82. The van der Waals surface area contributed by atoms with Crippen molar-refractivity contribution in [2.45, 2.75) is 39.3 Å². The van der Waals surface area contributed by atoms with Gasteiger partial charge in [0, 0.05) is 5.56 Å². The lowest BCUT2D eigenvalue weighted by molar-refractivity contribution is 0.213. The topological polar surface area (TPSA) is 74.5 Å². The summed E-state index contributed by atoms with van der Waals surface area (Å²) in [6.07, 6.45) is 0.586. The highest BCUT2D eigenvalue weighted by Gasteiger charge is 2.17. The molecule has 0 aliphatic carbocycles. The minimum Gasteiger partial charge on any atom is -0.466 e. The molecule has 0 fully saturated rings. The van der Waals surface area contributed by atoms with Gasteiger partial charge >= 0.3 is 6.03 Å². The summed E-state index contributed by atoms with van der Waals surface area (Å²) in [6, 6.07) is 10.9. The van der Waals surface area contributed by atoms with Crippen molar-refractivity contribution in [3.63, 3.8) is 0 Å². The molecule has 0 saturated heterocycles. The molecule has 2 atom stereocenters. The largest absolute Gasteiger partial charge is 0.466 e. The number of benzene rings is 1. The van der Waals surface area contributed by atoms with Crippen LogP contribution in [0.1, 0.15) is 35.6 Å². The van der Waals surface area contributed by atoms with E-state index in [2.05, 4.69) is 10.6 Å². The predicted octanol–water partition coefficient (Wildman–Crippen LogP) is 2.86. The second-order valence-electron chi connectivity index (χ2n) is 5.78. The van der Waals surface area contributed by atoms with Gasteiger partial charge in [-0.2, -0.15) is 0 Å². The van der Waals surface area contributed by atoms with Gasteiger partial charge < -0.3 is 20.2 Å². The first kappa shape index (κ1) is 17.1. The fourth-order valence-corrected chi connectivity index (χ4v) is 2.64. The number of carbonyl (C=O) groups is 1. The third-order valence-electron chi connectivity index (χ3n) is 3.77. The van der Waals surface area contributed by atoms with Crippen molar-refractivity contribution in [3.05, 3.63) is 59.0 Å². The zero-order chi connectivity index (χ0) is 16.8. The molecule has 23 heavy (non-hydrogen) atoms. The van der Waals surface area contributed by atoms with Crippen molar-refractivity contribution < 1.29 is 14.3 Å². The van der Waals surface area contributed by atoms with E-state index in [0.717, 1.165) is 22.6 Å². The van der Waals surface area contributed by atoms with E-state index in [1.54, 1.807) is 0 Å². The second-order valence-corrected chi connectivity index (χ2v) is 5.78. The molecule has 0 spiro atoms. The minimum atomic E-state index is -0.322. The molecule has 5 heteroatoms. The molecule has 3 N–H and O–H groups in total. The van der Waals surface area contributed by atoms with Crippen LogP contribution in [-0.2, 0) is 6.42 Å². The summed E-state index contributed by atoms with van der Waals surface area (Å²) in [5, 5.41) is 15.2. The van der Waals surface area contributed by atoms with E-state index in [1.165, 1.54) is 0 Å². The van der Waals surface area contributed by atoms with Crippen molar-refractivity contribution in [2.75, 3.05) is 6.61 Å². The SMILES string of the molecule is Cc1cc(C(C)NC(=O)NC(CO)Cc2ccccc2)c(C)o1.